The van der Waals surface area contributed by atoms with Crippen LogP contribution < -0.4 is 0 Å². The maximum absolute atomic E-state index is 12.9. The lowest BCUT2D eigenvalue weighted by molar-refractivity contribution is -0.141. The zero-order valence-electron chi connectivity index (χ0n) is 13.2. The Hall–Kier alpha value is -1.53. The van der Waals surface area contributed by atoms with Crippen LogP contribution >= 0.6 is 0 Å². The van der Waals surface area contributed by atoms with Gasteiger partial charge in [-0.15, -0.1) is 0 Å². The number of rotatable bonds is 2. The van der Waals surface area contributed by atoms with Crippen LogP contribution in [-0.2, 0) is 18.0 Å². The third-order valence-corrected chi connectivity index (χ3v) is 4.08. The van der Waals surface area contributed by atoms with Crippen molar-refractivity contribution in [2.24, 2.45) is 13.0 Å². The summed E-state index contributed by atoms with van der Waals surface area (Å²) in [5, 5.41) is 3.58. The lowest BCUT2D eigenvalue weighted by Gasteiger charge is -2.31. The minimum Gasteiger partial charge on any atom is -0.334 e. The quantitative estimate of drug-likeness (QED) is 0.837. The Bertz CT molecular complexity index is 537. The van der Waals surface area contributed by atoms with Gasteiger partial charge in [0.25, 0.3) is 0 Å². The highest BCUT2D eigenvalue weighted by atomic mass is 19.4. The van der Waals surface area contributed by atoms with Crippen molar-refractivity contribution in [3.05, 3.63) is 17.5 Å². The first-order valence-electron chi connectivity index (χ1n) is 7.63. The van der Waals surface area contributed by atoms with Gasteiger partial charge in [-0.2, -0.15) is 18.3 Å². The van der Waals surface area contributed by atoms with Crippen LogP contribution in [0.1, 0.15) is 57.0 Å². The number of alkyl halides is 3. The lowest BCUT2D eigenvalue weighted by atomic mass is 10.0. The molecular formula is C15H22F3N3O. The van der Waals surface area contributed by atoms with Crippen LogP contribution in [0.15, 0.2) is 6.07 Å². The monoisotopic (exact) mass is 317 g/mol. The number of aromatic nitrogens is 2. The highest BCUT2D eigenvalue weighted by Gasteiger charge is 2.37. The molecule has 0 aliphatic carbocycles. The standard InChI is InChI=1S/C15H22F3N3O/c1-10(2)14(22)21-8-6-4-5-7-11(21)12-9-13(15(16,17)18)19-20(12)3/h9-11H,4-8H2,1-3H3. The highest BCUT2D eigenvalue weighted by Crippen LogP contribution is 2.35. The molecule has 1 unspecified atom stereocenters. The van der Waals surface area contributed by atoms with E-state index in [1.165, 1.54) is 11.7 Å². The number of likely N-dealkylation sites (tertiary alicyclic amines) is 1. The average molecular weight is 317 g/mol. The van der Waals surface area contributed by atoms with Gasteiger partial charge in [0.05, 0.1) is 11.7 Å². The summed E-state index contributed by atoms with van der Waals surface area (Å²) in [6.07, 6.45) is -1.01. The number of carbonyl (C=O) groups is 1. The van der Waals surface area contributed by atoms with E-state index in [2.05, 4.69) is 5.10 Å². The van der Waals surface area contributed by atoms with Gasteiger partial charge in [-0.25, -0.2) is 0 Å². The molecule has 2 heterocycles. The Balaban J connectivity index is 2.38. The van der Waals surface area contributed by atoms with Crippen molar-refractivity contribution in [2.75, 3.05) is 6.54 Å². The van der Waals surface area contributed by atoms with E-state index in [0.717, 1.165) is 25.3 Å². The van der Waals surface area contributed by atoms with Crippen molar-refractivity contribution in [2.45, 2.75) is 51.7 Å². The van der Waals surface area contributed by atoms with E-state index in [-0.39, 0.29) is 17.9 Å². The summed E-state index contributed by atoms with van der Waals surface area (Å²) in [5.74, 6) is -0.183. The minimum absolute atomic E-state index is 0.0124. The molecule has 0 spiro atoms. The summed E-state index contributed by atoms with van der Waals surface area (Å²) in [5.41, 5.74) is -0.436. The molecule has 4 nitrogen and oxygen atoms in total. The van der Waals surface area contributed by atoms with Gasteiger partial charge < -0.3 is 4.90 Å². The Labute approximate surface area is 128 Å². The number of amides is 1. The molecule has 1 aromatic rings. The van der Waals surface area contributed by atoms with E-state index in [1.807, 2.05) is 13.8 Å². The summed E-state index contributed by atoms with van der Waals surface area (Å²) in [6.45, 7) is 4.22. The van der Waals surface area contributed by atoms with Crippen molar-refractivity contribution in [3.8, 4) is 0 Å². The molecule has 1 atom stereocenters. The van der Waals surface area contributed by atoms with Crippen LogP contribution in [0.5, 0.6) is 0 Å². The third-order valence-electron chi connectivity index (χ3n) is 4.08. The fraction of sp³-hybridized carbons (Fsp3) is 0.733. The van der Waals surface area contributed by atoms with E-state index in [1.54, 1.807) is 4.90 Å². The van der Waals surface area contributed by atoms with Crippen LogP contribution in [0.4, 0.5) is 13.2 Å². The predicted molar refractivity (Wildman–Crippen MR) is 76.0 cm³/mol. The molecule has 0 radical (unpaired) electrons. The summed E-state index contributed by atoms with van der Waals surface area (Å²) in [4.78, 5) is 14.2. The maximum Gasteiger partial charge on any atom is 0.435 e. The Morgan fingerprint density at radius 1 is 1.32 bits per heavy atom. The number of carbonyl (C=O) groups excluding carboxylic acids is 1. The summed E-state index contributed by atoms with van der Waals surface area (Å²) < 4.78 is 39.8. The van der Waals surface area contributed by atoms with Crippen molar-refractivity contribution in [3.63, 3.8) is 0 Å². The molecule has 2 rings (SSSR count). The second-order valence-electron chi connectivity index (χ2n) is 6.13. The summed E-state index contributed by atoms with van der Waals surface area (Å²) >= 11 is 0. The molecule has 1 aliphatic rings. The molecule has 7 heteroatoms. The first-order valence-corrected chi connectivity index (χ1v) is 7.63. The molecule has 0 bridgehead atoms. The number of hydrogen-bond acceptors (Lipinski definition) is 2. The van der Waals surface area contributed by atoms with Gasteiger partial charge in [-0.05, 0) is 18.9 Å². The molecule has 0 saturated carbocycles. The van der Waals surface area contributed by atoms with Crippen molar-refractivity contribution in [1.82, 2.24) is 14.7 Å². The van der Waals surface area contributed by atoms with Gasteiger partial charge in [0.1, 0.15) is 0 Å². The fourth-order valence-corrected chi connectivity index (χ4v) is 2.94. The second kappa shape index (κ2) is 6.30. The van der Waals surface area contributed by atoms with E-state index in [9.17, 15) is 18.0 Å². The smallest absolute Gasteiger partial charge is 0.334 e. The first kappa shape index (κ1) is 16.8. The molecular weight excluding hydrogens is 295 g/mol. The van der Waals surface area contributed by atoms with Crippen LogP contribution in [0, 0.1) is 5.92 Å². The van der Waals surface area contributed by atoms with E-state index < -0.39 is 11.9 Å². The number of halogens is 3. The van der Waals surface area contributed by atoms with Gasteiger partial charge in [0, 0.05) is 19.5 Å². The maximum atomic E-state index is 12.9. The molecule has 1 aromatic heterocycles. The molecule has 1 fully saturated rings. The topological polar surface area (TPSA) is 38.1 Å². The van der Waals surface area contributed by atoms with Crippen molar-refractivity contribution >= 4 is 5.91 Å². The molecule has 124 valence electrons. The van der Waals surface area contributed by atoms with Crippen LogP contribution in [0.2, 0.25) is 0 Å². The predicted octanol–water partition coefficient (Wildman–Crippen LogP) is 3.54. The molecule has 22 heavy (non-hydrogen) atoms. The fourth-order valence-electron chi connectivity index (χ4n) is 2.94. The molecule has 0 N–H and O–H groups in total. The zero-order valence-corrected chi connectivity index (χ0v) is 13.2. The van der Waals surface area contributed by atoms with E-state index >= 15 is 0 Å². The largest absolute Gasteiger partial charge is 0.435 e. The molecule has 1 aliphatic heterocycles. The minimum atomic E-state index is -4.46. The average Bonchev–Trinajstić information content (AvgIpc) is 2.67. The van der Waals surface area contributed by atoms with Crippen molar-refractivity contribution in [1.29, 1.82) is 0 Å². The molecule has 0 aromatic carbocycles. The molecule has 1 amide bonds. The first-order chi connectivity index (χ1) is 10.2. The number of nitrogens with zero attached hydrogens (tertiary/aromatic N) is 3. The van der Waals surface area contributed by atoms with Gasteiger partial charge >= 0.3 is 6.18 Å². The molecule has 1 saturated heterocycles. The van der Waals surface area contributed by atoms with Gasteiger partial charge in [-0.1, -0.05) is 26.7 Å². The number of aryl methyl sites for hydroxylation is 1. The summed E-state index contributed by atoms with van der Waals surface area (Å²) in [7, 11) is 1.51. The second-order valence-corrected chi connectivity index (χ2v) is 6.13. The third kappa shape index (κ3) is 3.44. The van der Waals surface area contributed by atoms with Gasteiger partial charge in [0.15, 0.2) is 5.69 Å². The van der Waals surface area contributed by atoms with Crippen molar-refractivity contribution < 1.29 is 18.0 Å². The Morgan fingerprint density at radius 2 is 2.00 bits per heavy atom. The lowest BCUT2D eigenvalue weighted by Crippen LogP contribution is -2.38. The number of hydrogen-bond donors (Lipinski definition) is 0. The Kier molecular flexibility index (Phi) is 4.82. The van der Waals surface area contributed by atoms with E-state index in [4.69, 9.17) is 0 Å². The van der Waals surface area contributed by atoms with Crippen LogP contribution in [0.25, 0.3) is 0 Å². The van der Waals surface area contributed by atoms with Crippen LogP contribution in [0.3, 0.4) is 0 Å². The van der Waals surface area contributed by atoms with E-state index in [0.29, 0.717) is 18.7 Å². The SMILES string of the molecule is CC(C)C(=O)N1CCCCCC1c1cc(C(F)(F)F)nn1C. The highest BCUT2D eigenvalue weighted by molar-refractivity contribution is 5.78. The summed E-state index contributed by atoms with van der Waals surface area (Å²) in [6, 6.07) is 0.752. The van der Waals surface area contributed by atoms with Crippen LogP contribution in [-0.4, -0.2) is 27.1 Å². The van der Waals surface area contributed by atoms with Gasteiger partial charge in [-0.3, -0.25) is 9.48 Å². The zero-order chi connectivity index (χ0) is 16.5. The van der Waals surface area contributed by atoms with Gasteiger partial charge in [0.2, 0.25) is 5.91 Å². The Morgan fingerprint density at radius 3 is 2.55 bits per heavy atom. The normalized spacial score (nSPS) is 20.3.